The first kappa shape index (κ1) is 12.0. The Hall–Kier alpha value is -0.450. The minimum atomic E-state index is 0.364. The second-order valence-corrected chi connectivity index (χ2v) is 5.50. The Morgan fingerprint density at radius 3 is 3.19 bits per heavy atom. The standard InChI is InChI=1S/C12H21N3S/c1-2-12(5-3-6-15-12)10-13-7-4-11-14-8-9-16-11/h8-9,13,15H,2-7,10H2,1H3. The van der Waals surface area contributed by atoms with Crippen LogP contribution >= 0.6 is 11.3 Å². The third-order valence-electron chi connectivity index (χ3n) is 3.47. The van der Waals surface area contributed by atoms with Crippen molar-refractivity contribution in [3.8, 4) is 0 Å². The first-order valence-corrected chi connectivity index (χ1v) is 7.07. The van der Waals surface area contributed by atoms with Gasteiger partial charge in [0.1, 0.15) is 0 Å². The average Bonchev–Trinajstić information content (AvgIpc) is 2.97. The lowest BCUT2D eigenvalue weighted by Crippen LogP contribution is -2.48. The van der Waals surface area contributed by atoms with Crippen molar-refractivity contribution < 1.29 is 0 Å². The summed E-state index contributed by atoms with van der Waals surface area (Å²) in [7, 11) is 0. The molecule has 2 rings (SSSR count). The fourth-order valence-corrected chi connectivity index (χ4v) is 2.97. The highest BCUT2D eigenvalue weighted by atomic mass is 32.1. The van der Waals surface area contributed by atoms with Gasteiger partial charge in [-0.1, -0.05) is 6.92 Å². The molecule has 0 bridgehead atoms. The largest absolute Gasteiger partial charge is 0.314 e. The van der Waals surface area contributed by atoms with Crippen LogP contribution in [-0.2, 0) is 6.42 Å². The number of nitrogens with one attached hydrogen (secondary N) is 2. The van der Waals surface area contributed by atoms with E-state index in [2.05, 4.69) is 22.5 Å². The highest BCUT2D eigenvalue weighted by molar-refractivity contribution is 7.09. The smallest absolute Gasteiger partial charge is 0.0937 e. The molecule has 2 heterocycles. The highest BCUT2D eigenvalue weighted by Crippen LogP contribution is 2.21. The lowest BCUT2D eigenvalue weighted by atomic mass is 9.94. The maximum absolute atomic E-state index is 4.29. The van der Waals surface area contributed by atoms with Crippen LogP contribution in [0.4, 0.5) is 0 Å². The van der Waals surface area contributed by atoms with E-state index >= 15 is 0 Å². The molecule has 16 heavy (non-hydrogen) atoms. The minimum absolute atomic E-state index is 0.364. The predicted octanol–water partition coefficient (Wildman–Crippen LogP) is 1.81. The van der Waals surface area contributed by atoms with E-state index in [-0.39, 0.29) is 0 Å². The topological polar surface area (TPSA) is 37.0 Å². The van der Waals surface area contributed by atoms with Gasteiger partial charge in [0.15, 0.2) is 0 Å². The number of nitrogens with zero attached hydrogens (tertiary/aromatic N) is 1. The Labute approximate surface area is 102 Å². The van der Waals surface area contributed by atoms with E-state index in [0.29, 0.717) is 5.54 Å². The molecule has 1 aromatic heterocycles. The molecule has 1 aromatic rings. The molecular formula is C12H21N3S. The number of aromatic nitrogens is 1. The molecule has 0 radical (unpaired) electrons. The van der Waals surface area contributed by atoms with Crippen LogP contribution in [0.1, 0.15) is 31.2 Å². The molecule has 90 valence electrons. The van der Waals surface area contributed by atoms with Crippen molar-refractivity contribution in [3.05, 3.63) is 16.6 Å². The molecule has 0 aliphatic carbocycles. The van der Waals surface area contributed by atoms with Crippen LogP contribution in [0.2, 0.25) is 0 Å². The van der Waals surface area contributed by atoms with Gasteiger partial charge in [-0.15, -0.1) is 11.3 Å². The van der Waals surface area contributed by atoms with Crippen molar-refractivity contribution in [1.29, 1.82) is 0 Å². The van der Waals surface area contributed by atoms with Crippen molar-refractivity contribution in [2.75, 3.05) is 19.6 Å². The molecule has 3 nitrogen and oxygen atoms in total. The van der Waals surface area contributed by atoms with Crippen LogP contribution in [0.25, 0.3) is 0 Å². The van der Waals surface area contributed by atoms with Gasteiger partial charge >= 0.3 is 0 Å². The van der Waals surface area contributed by atoms with Gasteiger partial charge in [0.25, 0.3) is 0 Å². The molecule has 1 atom stereocenters. The van der Waals surface area contributed by atoms with E-state index in [4.69, 9.17) is 0 Å². The zero-order valence-electron chi connectivity index (χ0n) is 9.96. The van der Waals surface area contributed by atoms with Gasteiger partial charge in [-0.25, -0.2) is 4.98 Å². The fraction of sp³-hybridized carbons (Fsp3) is 0.750. The third-order valence-corrected chi connectivity index (χ3v) is 4.31. The summed E-state index contributed by atoms with van der Waals surface area (Å²) in [5.74, 6) is 0. The molecule has 0 amide bonds. The van der Waals surface area contributed by atoms with Crippen LogP contribution in [0.5, 0.6) is 0 Å². The second kappa shape index (κ2) is 5.75. The molecule has 1 unspecified atom stereocenters. The van der Waals surface area contributed by atoms with Gasteiger partial charge in [-0.3, -0.25) is 0 Å². The van der Waals surface area contributed by atoms with Gasteiger partial charge in [0.05, 0.1) is 5.01 Å². The number of thiazole rings is 1. The predicted molar refractivity (Wildman–Crippen MR) is 68.9 cm³/mol. The highest BCUT2D eigenvalue weighted by Gasteiger charge is 2.30. The Morgan fingerprint density at radius 1 is 1.62 bits per heavy atom. The normalized spacial score (nSPS) is 25.1. The molecule has 0 aromatic carbocycles. The lowest BCUT2D eigenvalue weighted by molar-refractivity contribution is 0.342. The SMILES string of the molecule is CCC1(CNCCc2nccs2)CCCN1. The maximum Gasteiger partial charge on any atom is 0.0937 e. The van der Waals surface area contributed by atoms with Crippen molar-refractivity contribution in [2.45, 2.75) is 38.1 Å². The fourth-order valence-electron chi connectivity index (χ4n) is 2.35. The van der Waals surface area contributed by atoms with Crippen LogP contribution in [0.3, 0.4) is 0 Å². The zero-order chi connectivity index (χ0) is 11.3. The van der Waals surface area contributed by atoms with E-state index in [1.165, 1.54) is 30.8 Å². The summed E-state index contributed by atoms with van der Waals surface area (Å²) in [5, 5.41) is 10.5. The number of hydrogen-bond acceptors (Lipinski definition) is 4. The Morgan fingerprint density at radius 2 is 2.56 bits per heavy atom. The molecule has 4 heteroatoms. The van der Waals surface area contributed by atoms with E-state index in [1.807, 2.05) is 11.6 Å². The van der Waals surface area contributed by atoms with Crippen molar-refractivity contribution in [2.24, 2.45) is 0 Å². The summed E-state index contributed by atoms with van der Waals surface area (Å²) >= 11 is 1.74. The molecule has 1 aliphatic heterocycles. The molecule has 2 N–H and O–H groups in total. The third kappa shape index (κ3) is 3.03. The molecule has 0 spiro atoms. The maximum atomic E-state index is 4.29. The van der Waals surface area contributed by atoms with Gasteiger partial charge in [-0.2, -0.15) is 0 Å². The lowest BCUT2D eigenvalue weighted by Gasteiger charge is -2.28. The molecule has 1 aliphatic rings. The van der Waals surface area contributed by atoms with Crippen LogP contribution < -0.4 is 10.6 Å². The quantitative estimate of drug-likeness (QED) is 0.743. The summed E-state index contributed by atoms with van der Waals surface area (Å²) < 4.78 is 0. The van der Waals surface area contributed by atoms with E-state index in [0.717, 1.165) is 19.5 Å². The van der Waals surface area contributed by atoms with Crippen LogP contribution in [0.15, 0.2) is 11.6 Å². The molecular weight excluding hydrogens is 218 g/mol. The number of hydrogen-bond donors (Lipinski definition) is 2. The first-order chi connectivity index (χ1) is 7.85. The minimum Gasteiger partial charge on any atom is -0.314 e. The zero-order valence-corrected chi connectivity index (χ0v) is 10.8. The van der Waals surface area contributed by atoms with Crippen molar-refractivity contribution in [3.63, 3.8) is 0 Å². The summed E-state index contributed by atoms with van der Waals surface area (Å²) in [6.07, 6.45) is 6.79. The monoisotopic (exact) mass is 239 g/mol. The van der Waals surface area contributed by atoms with E-state index in [9.17, 15) is 0 Å². The summed E-state index contributed by atoms with van der Waals surface area (Å²) in [5.41, 5.74) is 0.364. The van der Waals surface area contributed by atoms with E-state index < -0.39 is 0 Å². The Kier molecular flexibility index (Phi) is 4.32. The van der Waals surface area contributed by atoms with Crippen LogP contribution in [-0.4, -0.2) is 30.2 Å². The molecule has 1 fully saturated rings. The van der Waals surface area contributed by atoms with Crippen LogP contribution in [0, 0.1) is 0 Å². The number of rotatable bonds is 6. The summed E-state index contributed by atoms with van der Waals surface area (Å²) in [6, 6.07) is 0. The van der Waals surface area contributed by atoms with Gasteiger partial charge in [-0.05, 0) is 25.8 Å². The molecule has 0 saturated carbocycles. The van der Waals surface area contributed by atoms with Gasteiger partial charge in [0, 0.05) is 36.6 Å². The second-order valence-electron chi connectivity index (χ2n) is 4.52. The summed E-state index contributed by atoms with van der Waals surface area (Å²) in [4.78, 5) is 4.29. The average molecular weight is 239 g/mol. The van der Waals surface area contributed by atoms with Gasteiger partial charge in [0.2, 0.25) is 0 Å². The summed E-state index contributed by atoms with van der Waals surface area (Å²) in [6.45, 7) is 5.59. The Balaban J connectivity index is 1.67. The first-order valence-electron chi connectivity index (χ1n) is 6.19. The van der Waals surface area contributed by atoms with E-state index in [1.54, 1.807) is 11.3 Å². The van der Waals surface area contributed by atoms with Crippen molar-refractivity contribution in [1.82, 2.24) is 15.6 Å². The Bertz CT molecular complexity index is 291. The molecule has 1 saturated heterocycles. The van der Waals surface area contributed by atoms with Gasteiger partial charge < -0.3 is 10.6 Å². The van der Waals surface area contributed by atoms with Crippen molar-refractivity contribution >= 4 is 11.3 Å².